The molecular formula is C21H26N2O6S. The zero-order valence-corrected chi connectivity index (χ0v) is 18.2. The summed E-state index contributed by atoms with van der Waals surface area (Å²) >= 11 is 0. The van der Waals surface area contributed by atoms with Crippen LogP contribution in [0, 0.1) is 0 Å². The second-order valence-corrected chi connectivity index (χ2v) is 8.33. The van der Waals surface area contributed by atoms with E-state index in [9.17, 15) is 18.0 Å². The van der Waals surface area contributed by atoms with Crippen LogP contribution in [0.1, 0.15) is 30.6 Å². The van der Waals surface area contributed by atoms with Gasteiger partial charge in [0.15, 0.2) is 0 Å². The Morgan fingerprint density at radius 1 is 1.10 bits per heavy atom. The van der Waals surface area contributed by atoms with Crippen LogP contribution in [-0.2, 0) is 19.6 Å². The van der Waals surface area contributed by atoms with Gasteiger partial charge in [0.2, 0.25) is 15.9 Å². The molecule has 0 saturated carbocycles. The summed E-state index contributed by atoms with van der Waals surface area (Å²) in [6.45, 7) is 4.06. The second-order valence-electron chi connectivity index (χ2n) is 6.47. The minimum absolute atomic E-state index is 0.239. The molecule has 0 aliphatic rings. The predicted molar refractivity (Wildman–Crippen MR) is 115 cm³/mol. The summed E-state index contributed by atoms with van der Waals surface area (Å²) in [4.78, 5) is 24.7. The van der Waals surface area contributed by atoms with E-state index in [4.69, 9.17) is 4.74 Å². The number of hydrogen-bond donors (Lipinski definition) is 1. The molecule has 2 aromatic carbocycles. The smallest absolute Gasteiger partial charge is 0.337 e. The number of rotatable bonds is 9. The molecule has 2 aromatic rings. The number of esters is 1. The lowest BCUT2D eigenvalue weighted by Gasteiger charge is -2.30. The molecule has 0 saturated heterocycles. The molecule has 30 heavy (non-hydrogen) atoms. The van der Waals surface area contributed by atoms with Crippen molar-refractivity contribution in [2.45, 2.75) is 26.3 Å². The Morgan fingerprint density at radius 2 is 1.77 bits per heavy atom. The normalized spacial score (nSPS) is 12.0. The third kappa shape index (κ3) is 5.73. The standard InChI is InChI=1S/C21H26N2O6S/c1-5-19(20(24)22-16-9-7-8-15(14-16)21(25)28-3)23(30(4,26)27)17-10-12-18(13-11-17)29-6-2/h7-14,19H,5-6H2,1-4H3,(H,22,24)/t19-/m0/s1. The summed E-state index contributed by atoms with van der Waals surface area (Å²) in [7, 11) is -2.49. The Balaban J connectivity index is 2.33. The first kappa shape index (κ1) is 23.2. The molecule has 0 aliphatic heterocycles. The number of anilines is 2. The van der Waals surface area contributed by atoms with Gasteiger partial charge in [-0.05, 0) is 55.8 Å². The summed E-state index contributed by atoms with van der Waals surface area (Å²) in [6, 6.07) is 11.8. The SMILES string of the molecule is CCOc1ccc(N([C@@H](CC)C(=O)Nc2cccc(C(=O)OC)c2)S(C)(=O)=O)cc1. The average molecular weight is 435 g/mol. The van der Waals surface area contributed by atoms with Crippen LogP contribution in [0.5, 0.6) is 5.75 Å². The average Bonchev–Trinajstić information content (AvgIpc) is 2.71. The minimum Gasteiger partial charge on any atom is -0.494 e. The number of hydrogen-bond acceptors (Lipinski definition) is 6. The molecule has 9 heteroatoms. The maximum atomic E-state index is 13.0. The van der Waals surface area contributed by atoms with E-state index >= 15 is 0 Å². The fraction of sp³-hybridized carbons (Fsp3) is 0.333. The maximum Gasteiger partial charge on any atom is 0.337 e. The minimum atomic E-state index is -3.76. The summed E-state index contributed by atoms with van der Waals surface area (Å²) in [5.74, 6) is -0.448. The van der Waals surface area contributed by atoms with E-state index in [1.54, 1.807) is 49.4 Å². The number of carbonyl (C=O) groups is 2. The second kappa shape index (κ2) is 10.1. The maximum absolute atomic E-state index is 13.0. The van der Waals surface area contributed by atoms with Crippen molar-refractivity contribution in [2.75, 3.05) is 29.6 Å². The molecule has 0 radical (unpaired) electrons. The van der Waals surface area contributed by atoms with E-state index in [0.29, 0.717) is 23.7 Å². The highest BCUT2D eigenvalue weighted by molar-refractivity contribution is 7.92. The lowest BCUT2D eigenvalue weighted by Crippen LogP contribution is -2.47. The number of sulfonamides is 1. The predicted octanol–water partition coefficient (Wildman–Crippen LogP) is 3.06. The number of methoxy groups -OCH3 is 1. The summed E-state index contributed by atoms with van der Waals surface area (Å²) in [5, 5.41) is 2.69. The van der Waals surface area contributed by atoms with Crippen LogP contribution in [0.3, 0.4) is 0 Å². The van der Waals surface area contributed by atoms with E-state index in [0.717, 1.165) is 10.6 Å². The zero-order valence-electron chi connectivity index (χ0n) is 17.4. The summed E-state index contributed by atoms with van der Waals surface area (Å²) < 4.78 is 36.2. The van der Waals surface area contributed by atoms with Crippen LogP contribution in [-0.4, -0.2) is 46.3 Å². The molecule has 1 N–H and O–H groups in total. The quantitative estimate of drug-likeness (QED) is 0.609. The van der Waals surface area contributed by atoms with Crippen LogP contribution in [0.25, 0.3) is 0 Å². The van der Waals surface area contributed by atoms with Crippen molar-refractivity contribution in [3.63, 3.8) is 0 Å². The number of nitrogens with zero attached hydrogens (tertiary/aromatic N) is 1. The molecule has 162 valence electrons. The van der Waals surface area contributed by atoms with Crippen molar-refractivity contribution in [3.05, 3.63) is 54.1 Å². The van der Waals surface area contributed by atoms with Crippen LogP contribution in [0.4, 0.5) is 11.4 Å². The molecule has 8 nitrogen and oxygen atoms in total. The van der Waals surface area contributed by atoms with Gasteiger partial charge in [-0.2, -0.15) is 0 Å². The van der Waals surface area contributed by atoms with E-state index in [1.807, 2.05) is 6.92 Å². The Bertz CT molecular complexity index is 989. The first-order valence-electron chi connectivity index (χ1n) is 9.42. The van der Waals surface area contributed by atoms with Gasteiger partial charge in [0, 0.05) is 5.69 Å². The highest BCUT2D eigenvalue weighted by atomic mass is 32.2. The molecule has 1 atom stereocenters. The Kier molecular flexibility index (Phi) is 7.82. The lowest BCUT2D eigenvalue weighted by molar-refractivity contribution is -0.117. The first-order valence-corrected chi connectivity index (χ1v) is 11.3. The van der Waals surface area contributed by atoms with Gasteiger partial charge in [0.05, 0.1) is 31.2 Å². The highest BCUT2D eigenvalue weighted by Gasteiger charge is 2.31. The summed E-state index contributed by atoms with van der Waals surface area (Å²) in [5.41, 5.74) is 0.989. The van der Waals surface area contributed by atoms with Gasteiger partial charge in [-0.25, -0.2) is 13.2 Å². The topological polar surface area (TPSA) is 102 Å². The molecule has 0 bridgehead atoms. The van der Waals surface area contributed by atoms with Gasteiger partial charge in [-0.15, -0.1) is 0 Å². The van der Waals surface area contributed by atoms with E-state index in [-0.39, 0.29) is 12.0 Å². The Hall–Kier alpha value is -3.07. The van der Waals surface area contributed by atoms with Crippen molar-refractivity contribution in [3.8, 4) is 5.75 Å². The van der Waals surface area contributed by atoms with Gasteiger partial charge >= 0.3 is 5.97 Å². The molecule has 1 amide bonds. The van der Waals surface area contributed by atoms with Crippen molar-refractivity contribution < 1.29 is 27.5 Å². The molecule has 0 aliphatic carbocycles. The van der Waals surface area contributed by atoms with Gasteiger partial charge in [-0.1, -0.05) is 13.0 Å². The molecule has 0 spiro atoms. The number of ether oxygens (including phenoxy) is 2. The van der Waals surface area contributed by atoms with E-state index in [2.05, 4.69) is 10.1 Å². The summed E-state index contributed by atoms with van der Waals surface area (Å²) in [6.07, 6.45) is 1.29. The number of benzene rings is 2. The van der Waals surface area contributed by atoms with Crippen molar-refractivity contribution in [1.82, 2.24) is 0 Å². The third-order valence-corrected chi connectivity index (χ3v) is 5.46. The molecule has 0 heterocycles. The van der Waals surface area contributed by atoms with E-state index < -0.39 is 27.9 Å². The number of carbonyl (C=O) groups excluding carboxylic acids is 2. The molecule has 0 unspecified atom stereocenters. The van der Waals surface area contributed by atoms with Gasteiger partial charge in [-0.3, -0.25) is 9.10 Å². The van der Waals surface area contributed by atoms with Crippen molar-refractivity contribution in [2.24, 2.45) is 0 Å². The lowest BCUT2D eigenvalue weighted by atomic mass is 10.1. The van der Waals surface area contributed by atoms with Crippen LogP contribution in [0.15, 0.2) is 48.5 Å². The van der Waals surface area contributed by atoms with Crippen LogP contribution in [0.2, 0.25) is 0 Å². The number of nitrogens with one attached hydrogen (secondary N) is 1. The van der Waals surface area contributed by atoms with Gasteiger partial charge < -0.3 is 14.8 Å². The van der Waals surface area contributed by atoms with Gasteiger partial charge in [0.1, 0.15) is 11.8 Å². The highest BCUT2D eigenvalue weighted by Crippen LogP contribution is 2.26. The van der Waals surface area contributed by atoms with E-state index in [1.165, 1.54) is 13.2 Å². The van der Waals surface area contributed by atoms with Crippen LogP contribution >= 0.6 is 0 Å². The Morgan fingerprint density at radius 3 is 2.30 bits per heavy atom. The molecule has 0 fully saturated rings. The van der Waals surface area contributed by atoms with Crippen LogP contribution < -0.4 is 14.4 Å². The first-order chi connectivity index (χ1) is 14.2. The zero-order chi connectivity index (χ0) is 22.3. The fourth-order valence-corrected chi connectivity index (χ4v) is 4.20. The van der Waals surface area contributed by atoms with Crippen molar-refractivity contribution in [1.29, 1.82) is 0 Å². The fourth-order valence-electron chi connectivity index (χ4n) is 2.98. The largest absolute Gasteiger partial charge is 0.494 e. The monoisotopic (exact) mass is 434 g/mol. The Labute approximate surface area is 176 Å². The molecule has 2 rings (SSSR count). The van der Waals surface area contributed by atoms with Gasteiger partial charge in [0.25, 0.3) is 0 Å². The van der Waals surface area contributed by atoms with Crippen molar-refractivity contribution >= 4 is 33.3 Å². The third-order valence-electron chi connectivity index (χ3n) is 4.28. The molecule has 0 aromatic heterocycles. The number of amides is 1. The molecular weight excluding hydrogens is 408 g/mol.